The molecule has 2 rings (SSSR count). The van der Waals surface area contributed by atoms with Crippen LogP contribution in [-0.4, -0.2) is 12.1 Å². The van der Waals surface area contributed by atoms with Crippen LogP contribution in [0.3, 0.4) is 0 Å². The maximum Gasteiger partial charge on any atom is 0.244 e. The quantitative estimate of drug-likeness (QED) is 0.665. The first-order valence-electron chi connectivity index (χ1n) is 6.33. The Morgan fingerprint density at radius 2 is 1.75 bits per heavy atom. The zero-order valence-corrected chi connectivity index (χ0v) is 11.7. The molecule has 0 aliphatic carbocycles. The van der Waals surface area contributed by atoms with Crippen LogP contribution in [0.5, 0.6) is 0 Å². The fraction of sp³-hybridized carbons (Fsp3) is 0.125. The number of hydrogen-bond donors (Lipinski definition) is 1. The van der Waals surface area contributed by atoms with Crippen molar-refractivity contribution in [2.24, 2.45) is 5.10 Å². The molecule has 0 aliphatic heterocycles. The van der Waals surface area contributed by atoms with Crippen LogP contribution in [0.15, 0.2) is 59.7 Å². The SMILES string of the molecule is O=C(Cc1ccc(Cl)cc1)N/N=C\Cc1ccccc1. The van der Waals surface area contributed by atoms with Gasteiger partial charge in [-0.3, -0.25) is 4.79 Å². The number of benzene rings is 2. The largest absolute Gasteiger partial charge is 0.273 e. The molecule has 4 heteroatoms. The van der Waals surface area contributed by atoms with Gasteiger partial charge in [-0.25, -0.2) is 5.43 Å². The smallest absolute Gasteiger partial charge is 0.244 e. The van der Waals surface area contributed by atoms with Gasteiger partial charge in [-0.05, 0) is 23.3 Å². The molecule has 2 aromatic carbocycles. The predicted molar refractivity (Wildman–Crippen MR) is 81.9 cm³/mol. The second-order valence-corrected chi connectivity index (χ2v) is 4.78. The van der Waals surface area contributed by atoms with Gasteiger partial charge in [0.1, 0.15) is 0 Å². The van der Waals surface area contributed by atoms with E-state index < -0.39 is 0 Å². The van der Waals surface area contributed by atoms with E-state index in [0.29, 0.717) is 17.9 Å². The molecule has 0 fully saturated rings. The minimum Gasteiger partial charge on any atom is -0.273 e. The lowest BCUT2D eigenvalue weighted by Gasteiger charge is -2.00. The summed E-state index contributed by atoms with van der Waals surface area (Å²) in [5, 5.41) is 4.59. The molecule has 0 bridgehead atoms. The molecular formula is C16H15ClN2O. The van der Waals surface area contributed by atoms with Crippen molar-refractivity contribution in [3.05, 3.63) is 70.7 Å². The summed E-state index contributed by atoms with van der Waals surface area (Å²) in [6.45, 7) is 0. The van der Waals surface area contributed by atoms with Crippen LogP contribution < -0.4 is 5.43 Å². The monoisotopic (exact) mass is 286 g/mol. The van der Waals surface area contributed by atoms with Gasteiger partial charge in [-0.2, -0.15) is 5.10 Å². The lowest BCUT2D eigenvalue weighted by molar-refractivity contribution is -0.120. The summed E-state index contributed by atoms with van der Waals surface area (Å²) in [5.74, 6) is -0.142. The lowest BCUT2D eigenvalue weighted by Crippen LogP contribution is -2.19. The Morgan fingerprint density at radius 1 is 1.05 bits per heavy atom. The maximum absolute atomic E-state index is 11.7. The van der Waals surface area contributed by atoms with Crippen LogP contribution in [0, 0.1) is 0 Å². The number of hydrogen-bond acceptors (Lipinski definition) is 2. The third kappa shape index (κ3) is 4.86. The summed E-state index contributed by atoms with van der Waals surface area (Å²) in [6, 6.07) is 17.1. The van der Waals surface area contributed by atoms with Crippen LogP contribution in [-0.2, 0) is 17.6 Å². The van der Waals surface area contributed by atoms with Gasteiger partial charge in [0.05, 0.1) is 6.42 Å². The topological polar surface area (TPSA) is 41.5 Å². The highest BCUT2D eigenvalue weighted by Crippen LogP contribution is 2.09. The van der Waals surface area contributed by atoms with Crippen molar-refractivity contribution in [1.29, 1.82) is 0 Å². The number of hydrazone groups is 1. The molecule has 0 aromatic heterocycles. The van der Waals surface area contributed by atoms with Gasteiger partial charge in [0, 0.05) is 17.7 Å². The van der Waals surface area contributed by atoms with E-state index in [2.05, 4.69) is 10.5 Å². The maximum atomic E-state index is 11.7. The normalized spacial score (nSPS) is 10.7. The number of carbonyl (C=O) groups is 1. The molecule has 0 atom stereocenters. The molecule has 0 aliphatic rings. The van der Waals surface area contributed by atoms with E-state index in [1.165, 1.54) is 0 Å². The molecule has 2 aromatic rings. The standard InChI is InChI=1S/C16H15ClN2O/c17-15-8-6-14(7-9-15)12-16(20)19-18-11-10-13-4-2-1-3-5-13/h1-9,11H,10,12H2,(H,19,20)/b18-11-. The number of amides is 1. The molecule has 0 radical (unpaired) electrons. The van der Waals surface area contributed by atoms with E-state index in [1.807, 2.05) is 42.5 Å². The first-order valence-corrected chi connectivity index (χ1v) is 6.70. The van der Waals surface area contributed by atoms with Crippen molar-refractivity contribution in [3.8, 4) is 0 Å². The second kappa shape index (κ2) is 7.46. The van der Waals surface area contributed by atoms with Crippen molar-refractivity contribution >= 4 is 23.7 Å². The van der Waals surface area contributed by atoms with Gasteiger partial charge in [-0.1, -0.05) is 54.1 Å². The third-order valence-corrected chi connectivity index (χ3v) is 2.98. The minimum atomic E-state index is -0.142. The number of rotatable bonds is 5. The average molecular weight is 287 g/mol. The van der Waals surface area contributed by atoms with E-state index in [-0.39, 0.29) is 5.91 Å². The summed E-state index contributed by atoms with van der Waals surface area (Å²) in [7, 11) is 0. The average Bonchev–Trinajstić information content (AvgIpc) is 2.47. The van der Waals surface area contributed by atoms with E-state index in [0.717, 1.165) is 11.1 Å². The molecule has 0 saturated heterocycles. The van der Waals surface area contributed by atoms with Crippen molar-refractivity contribution in [1.82, 2.24) is 5.43 Å². The van der Waals surface area contributed by atoms with Crippen LogP contribution in [0.1, 0.15) is 11.1 Å². The fourth-order valence-electron chi connectivity index (χ4n) is 1.71. The van der Waals surface area contributed by atoms with Crippen LogP contribution in [0.25, 0.3) is 0 Å². The van der Waals surface area contributed by atoms with Crippen molar-refractivity contribution < 1.29 is 4.79 Å². The molecule has 0 saturated carbocycles. The van der Waals surface area contributed by atoms with Gasteiger partial charge in [0.25, 0.3) is 0 Å². The first-order chi connectivity index (χ1) is 9.74. The van der Waals surface area contributed by atoms with Gasteiger partial charge in [0.2, 0.25) is 5.91 Å². The summed E-state index contributed by atoms with van der Waals surface area (Å²) in [6.07, 6.45) is 2.68. The molecule has 3 nitrogen and oxygen atoms in total. The molecule has 1 N–H and O–H groups in total. The molecule has 20 heavy (non-hydrogen) atoms. The summed E-state index contributed by atoms with van der Waals surface area (Å²) >= 11 is 5.78. The number of halogens is 1. The van der Waals surface area contributed by atoms with Crippen molar-refractivity contribution in [2.75, 3.05) is 0 Å². The van der Waals surface area contributed by atoms with Crippen LogP contribution >= 0.6 is 11.6 Å². The zero-order chi connectivity index (χ0) is 14.2. The lowest BCUT2D eigenvalue weighted by atomic mass is 10.1. The van der Waals surface area contributed by atoms with E-state index in [9.17, 15) is 4.79 Å². The van der Waals surface area contributed by atoms with Crippen LogP contribution in [0.4, 0.5) is 0 Å². The molecule has 1 amide bonds. The Morgan fingerprint density at radius 3 is 2.45 bits per heavy atom. The first kappa shape index (κ1) is 14.3. The van der Waals surface area contributed by atoms with E-state index in [1.54, 1.807) is 18.3 Å². The molecule has 0 heterocycles. The fourth-order valence-corrected chi connectivity index (χ4v) is 1.84. The number of nitrogens with one attached hydrogen (secondary N) is 1. The van der Waals surface area contributed by atoms with Crippen LogP contribution in [0.2, 0.25) is 5.02 Å². The van der Waals surface area contributed by atoms with Gasteiger partial charge < -0.3 is 0 Å². The highest BCUT2D eigenvalue weighted by Gasteiger charge is 2.01. The predicted octanol–water partition coefficient (Wildman–Crippen LogP) is 3.23. The molecule has 102 valence electrons. The Hall–Kier alpha value is -2.13. The van der Waals surface area contributed by atoms with Gasteiger partial charge >= 0.3 is 0 Å². The molecule has 0 spiro atoms. The zero-order valence-electron chi connectivity index (χ0n) is 10.9. The third-order valence-electron chi connectivity index (χ3n) is 2.73. The Bertz CT molecular complexity index is 579. The van der Waals surface area contributed by atoms with E-state index in [4.69, 9.17) is 11.6 Å². The highest BCUT2D eigenvalue weighted by atomic mass is 35.5. The number of carbonyl (C=O) groups excluding carboxylic acids is 1. The molecule has 0 unspecified atom stereocenters. The highest BCUT2D eigenvalue weighted by molar-refractivity contribution is 6.30. The van der Waals surface area contributed by atoms with Gasteiger partial charge in [-0.15, -0.1) is 0 Å². The summed E-state index contributed by atoms with van der Waals surface area (Å²) in [4.78, 5) is 11.7. The Kier molecular flexibility index (Phi) is 5.33. The van der Waals surface area contributed by atoms with E-state index >= 15 is 0 Å². The Balaban J connectivity index is 1.76. The van der Waals surface area contributed by atoms with Gasteiger partial charge in [0.15, 0.2) is 0 Å². The number of nitrogens with zero attached hydrogens (tertiary/aromatic N) is 1. The molecular weight excluding hydrogens is 272 g/mol. The minimum absolute atomic E-state index is 0.142. The van der Waals surface area contributed by atoms with Crippen molar-refractivity contribution in [2.45, 2.75) is 12.8 Å². The second-order valence-electron chi connectivity index (χ2n) is 4.34. The summed E-state index contributed by atoms with van der Waals surface area (Å²) in [5.41, 5.74) is 4.58. The Labute approximate surface area is 123 Å². The summed E-state index contributed by atoms with van der Waals surface area (Å²) < 4.78 is 0. The van der Waals surface area contributed by atoms with Crippen molar-refractivity contribution in [3.63, 3.8) is 0 Å².